The van der Waals surface area contributed by atoms with Crippen LogP contribution >= 0.6 is 0 Å². The molecule has 0 aliphatic carbocycles. The first-order chi connectivity index (χ1) is 17.5. The molecule has 1 unspecified atom stereocenters. The van der Waals surface area contributed by atoms with Gasteiger partial charge in [-0.15, -0.1) is 0 Å². The number of nitrogens with one attached hydrogen (secondary N) is 1. The number of amides is 2. The monoisotopic (exact) mass is 514 g/mol. The van der Waals surface area contributed by atoms with E-state index < -0.39 is 30.3 Å². The second kappa shape index (κ2) is 9.16. The van der Waals surface area contributed by atoms with Crippen molar-refractivity contribution in [2.75, 3.05) is 28.2 Å². The van der Waals surface area contributed by atoms with E-state index in [1.54, 1.807) is 32.2 Å². The summed E-state index contributed by atoms with van der Waals surface area (Å²) in [5.74, 6) is -0.953. The van der Waals surface area contributed by atoms with Gasteiger partial charge in [-0.25, -0.2) is 19.7 Å². The Kier molecular flexibility index (Phi) is 6.12. The molecule has 0 spiro atoms. The van der Waals surface area contributed by atoms with E-state index in [1.165, 1.54) is 17.2 Å². The number of pyridine rings is 2. The normalized spacial score (nSPS) is 17.5. The molecular weight excluding hydrogens is 489 g/mol. The van der Waals surface area contributed by atoms with Gasteiger partial charge in [0.05, 0.1) is 23.8 Å². The van der Waals surface area contributed by atoms with Crippen LogP contribution in [0.5, 0.6) is 0 Å². The van der Waals surface area contributed by atoms with Gasteiger partial charge < -0.3 is 9.32 Å². The van der Waals surface area contributed by atoms with Gasteiger partial charge in [0.2, 0.25) is 0 Å². The minimum Gasteiger partial charge on any atom is -0.441 e. The third-order valence-corrected chi connectivity index (χ3v) is 6.69. The predicted molar refractivity (Wildman–Crippen MR) is 130 cm³/mol. The van der Waals surface area contributed by atoms with E-state index >= 15 is 0 Å². The van der Waals surface area contributed by atoms with Crippen molar-refractivity contribution in [2.24, 2.45) is 5.92 Å². The number of nitrogens with zero attached hydrogens (tertiary/aromatic N) is 5. The lowest BCUT2D eigenvalue weighted by Crippen LogP contribution is -2.48. The molecule has 5 heterocycles. The SMILES string of the molecule is Cc1ncc(-c2ccnc(NC(=O)N3c4nc(C(=O)CC(C)C(F)(F)F)cc(C)c4N4CC[C@H]3C4)c2)o1. The number of urea groups is 1. The Bertz CT molecular complexity index is 1370. The summed E-state index contributed by atoms with van der Waals surface area (Å²) >= 11 is 0. The average Bonchev–Trinajstić information content (AvgIpc) is 3.45. The molecule has 2 aliphatic rings. The maximum absolute atomic E-state index is 13.5. The van der Waals surface area contributed by atoms with Crippen LogP contribution in [0.1, 0.15) is 41.7 Å². The van der Waals surface area contributed by atoms with Crippen molar-refractivity contribution in [3.05, 3.63) is 47.7 Å². The molecule has 0 saturated carbocycles. The molecule has 1 fully saturated rings. The van der Waals surface area contributed by atoms with E-state index in [1.807, 2.05) is 0 Å². The highest BCUT2D eigenvalue weighted by Crippen LogP contribution is 2.42. The summed E-state index contributed by atoms with van der Waals surface area (Å²) in [6.07, 6.45) is -1.41. The highest BCUT2D eigenvalue weighted by molar-refractivity contribution is 6.05. The minimum absolute atomic E-state index is 0.0894. The summed E-state index contributed by atoms with van der Waals surface area (Å²) in [6.45, 7) is 5.75. The molecule has 9 nitrogen and oxygen atoms in total. The lowest BCUT2D eigenvalue weighted by atomic mass is 10.0. The smallest absolute Gasteiger partial charge is 0.391 e. The van der Waals surface area contributed by atoms with Gasteiger partial charge in [0.15, 0.2) is 23.3 Å². The van der Waals surface area contributed by atoms with Crippen molar-refractivity contribution < 1.29 is 27.2 Å². The van der Waals surface area contributed by atoms with E-state index in [2.05, 4.69) is 25.2 Å². The van der Waals surface area contributed by atoms with Gasteiger partial charge >= 0.3 is 12.2 Å². The Hall–Kier alpha value is -3.96. The van der Waals surface area contributed by atoms with Gasteiger partial charge in [0.25, 0.3) is 0 Å². The molecule has 37 heavy (non-hydrogen) atoms. The lowest BCUT2D eigenvalue weighted by molar-refractivity contribution is -0.168. The number of oxazole rings is 1. The summed E-state index contributed by atoms with van der Waals surface area (Å²) in [4.78, 5) is 42.6. The van der Waals surface area contributed by atoms with Gasteiger partial charge in [-0.1, -0.05) is 6.92 Å². The topological polar surface area (TPSA) is 104 Å². The van der Waals surface area contributed by atoms with E-state index in [-0.39, 0.29) is 23.4 Å². The Morgan fingerprint density at radius 1 is 1.24 bits per heavy atom. The Balaban J connectivity index is 1.45. The number of halogens is 3. The fourth-order valence-electron chi connectivity index (χ4n) is 4.76. The van der Waals surface area contributed by atoms with Gasteiger partial charge in [-0.05, 0) is 37.1 Å². The summed E-state index contributed by atoms with van der Waals surface area (Å²) < 4.78 is 44.7. The molecule has 0 radical (unpaired) electrons. The van der Waals surface area contributed by atoms with Crippen molar-refractivity contribution in [1.29, 1.82) is 0 Å². The third-order valence-electron chi connectivity index (χ3n) is 6.69. The molecule has 2 amide bonds. The second-order valence-electron chi connectivity index (χ2n) is 9.43. The Labute approximate surface area is 210 Å². The predicted octanol–water partition coefficient (Wildman–Crippen LogP) is 5.15. The van der Waals surface area contributed by atoms with Crippen LogP contribution in [0.25, 0.3) is 11.3 Å². The maximum Gasteiger partial charge on any atom is 0.391 e. The zero-order valence-electron chi connectivity index (χ0n) is 20.5. The molecule has 194 valence electrons. The second-order valence-corrected chi connectivity index (χ2v) is 9.43. The number of Topliss-reactive ketones (excluding diaryl/α,β-unsaturated/α-hetero) is 1. The number of carbonyl (C=O) groups is 2. The van der Waals surface area contributed by atoms with Crippen LogP contribution in [0.2, 0.25) is 0 Å². The molecule has 2 aliphatic heterocycles. The van der Waals surface area contributed by atoms with Gasteiger partial charge in [0, 0.05) is 38.2 Å². The van der Waals surface area contributed by atoms with Crippen LogP contribution in [0.3, 0.4) is 0 Å². The molecular formula is C25H25F3N6O3. The molecule has 2 atom stereocenters. The fourth-order valence-corrected chi connectivity index (χ4v) is 4.76. The van der Waals surface area contributed by atoms with Crippen LogP contribution in [-0.4, -0.2) is 52.1 Å². The van der Waals surface area contributed by atoms with Crippen LogP contribution in [-0.2, 0) is 0 Å². The van der Waals surface area contributed by atoms with Crippen LogP contribution < -0.4 is 15.1 Å². The summed E-state index contributed by atoms with van der Waals surface area (Å²) in [5.41, 5.74) is 1.96. The minimum atomic E-state index is -4.48. The zero-order chi connectivity index (χ0) is 26.5. The van der Waals surface area contributed by atoms with Gasteiger partial charge in [-0.3, -0.25) is 15.0 Å². The number of hydrogen-bond donors (Lipinski definition) is 1. The molecule has 12 heteroatoms. The standard InChI is InChI=1S/C25H25F3N6O3/c1-13-8-18(19(35)9-14(2)25(26,27)28)31-23-22(13)33-7-5-17(12-33)34(23)24(36)32-21-10-16(4-6-29-21)20-11-30-15(3)37-20/h4,6,8,10-11,14,17H,5,7,9,12H2,1-3H3,(H,29,32,36)/t14?,17-/m0/s1. The number of anilines is 3. The van der Waals surface area contributed by atoms with Crippen molar-refractivity contribution in [1.82, 2.24) is 15.0 Å². The molecule has 5 rings (SSSR count). The molecule has 2 bridgehead atoms. The Morgan fingerprint density at radius 3 is 2.73 bits per heavy atom. The number of aromatic nitrogens is 3. The van der Waals surface area contributed by atoms with Crippen molar-refractivity contribution in [2.45, 2.75) is 45.8 Å². The van der Waals surface area contributed by atoms with Crippen molar-refractivity contribution in [3.8, 4) is 11.3 Å². The fraction of sp³-hybridized carbons (Fsp3) is 0.400. The van der Waals surface area contributed by atoms with E-state index in [4.69, 9.17) is 4.42 Å². The summed E-state index contributed by atoms with van der Waals surface area (Å²) in [6, 6.07) is 4.18. The maximum atomic E-state index is 13.5. The first-order valence-corrected chi connectivity index (χ1v) is 11.9. The molecule has 0 aromatic carbocycles. The summed E-state index contributed by atoms with van der Waals surface area (Å²) in [7, 11) is 0. The third kappa shape index (κ3) is 4.75. The van der Waals surface area contributed by atoms with E-state index in [0.29, 0.717) is 48.0 Å². The van der Waals surface area contributed by atoms with Gasteiger partial charge in [-0.2, -0.15) is 13.2 Å². The lowest BCUT2D eigenvalue weighted by Gasteiger charge is -2.36. The van der Waals surface area contributed by atoms with E-state index in [0.717, 1.165) is 6.92 Å². The summed E-state index contributed by atoms with van der Waals surface area (Å²) in [5, 5.41) is 2.79. The average molecular weight is 515 g/mol. The highest BCUT2D eigenvalue weighted by atomic mass is 19.4. The van der Waals surface area contributed by atoms with Crippen molar-refractivity contribution in [3.63, 3.8) is 0 Å². The first-order valence-electron chi connectivity index (χ1n) is 11.9. The number of aryl methyl sites for hydroxylation is 2. The van der Waals surface area contributed by atoms with Gasteiger partial charge in [0.1, 0.15) is 11.5 Å². The molecule has 1 saturated heterocycles. The first kappa shape index (κ1) is 24.7. The molecule has 3 aromatic rings. The molecule has 3 aromatic heterocycles. The number of carbonyl (C=O) groups excluding carboxylic acids is 2. The van der Waals surface area contributed by atoms with E-state index in [9.17, 15) is 22.8 Å². The number of alkyl halides is 3. The number of ketones is 1. The number of rotatable bonds is 5. The number of hydrogen-bond acceptors (Lipinski definition) is 7. The van der Waals surface area contributed by atoms with Crippen molar-refractivity contribution >= 4 is 29.1 Å². The van der Waals surface area contributed by atoms with Crippen LogP contribution in [0.4, 0.5) is 35.3 Å². The largest absolute Gasteiger partial charge is 0.441 e. The zero-order valence-corrected chi connectivity index (χ0v) is 20.5. The van der Waals surface area contributed by atoms with Crippen LogP contribution in [0, 0.1) is 19.8 Å². The highest BCUT2D eigenvalue weighted by Gasteiger charge is 2.42. The number of fused-ring (bicyclic) bond motifs is 4. The quantitative estimate of drug-likeness (QED) is 0.470. The molecule has 1 N–H and O–H groups in total. The Morgan fingerprint density at radius 2 is 2.03 bits per heavy atom. The van der Waals surface area contributed by atoms with Crippen LogP contribution in [0.15, 0.2) is 35.0 Å².